The largest absolute Gasteiger partial charge is 0.324 e. The first-order valence-corrected chi connectivity index (χ1v) is 7.91. The summed E-state index contributed by atoms with van der Waals surface area (Å²) in [7, 11) is 4.03. The number of anilines is 1. The zero-order valence-corrected chi connectivity index (χ0v) is 14.0. The van der Waals surface area contributed by atoms with Gasteiger partial charge in [-0.1, -0.05) is 48.5 Å². The Balaban J connectivity index is 2.04. The molecule has 0 aliphatic carbocycles. The van der Waals surface area contributed by atoms with Crippen LogP contribution in [0.25, 0.3) is 11.1 Å². The van der Waals surface area contributed by atoms with Gasteiger partial charge in [0.2, 0.25) is 5.91 Å². The average molecular weight is 311 g/mol. The van der Waals surface area contributed by atoms with E-state index in [-0.39, 0.29) is 11.9 Å². The zero-order valence-electron chi connectivity index (χ0n) is 14.0. The molecule has 2 aromatic rings. The molecule has 122 valence electrons. The Morgan fingerprint density at radius 1 is 1.04 bits per heavy atom. The van der Waals surface area contributed by atoms with E-state index in [0.717, 1.165) is 29.9 Å². The van der Waals surface area contributed by atoms with Gasteiger partial charge in [0, 0.05) is 24.3 Å². The van der Waals surface area contributed by atoms with Crippen molar-refractivity contribution in [2.75, 3.05) is 32.5 Å². The predicted octanol–water partition coefficient (Wildman–Crippen LogP) is 2.83. The number of nitrogens with zero attached hydrogens (tertiary/aromatic N) is 1. The van der Waals surface area contributed by atoms with E-state index in [1.54, 1.807) is 0 Å². The number of hydrogen-bond donors (Lipinski definition) is 2. The van der Waals surface area contributed by atoms with Gasteiger partial charge in [-0.05, 0) is 32.6 Å². The van der Waals surface area contributed by atoms with Crippen molar-refractivity contribution in [3.05, 3.63) is 54.6 Å². The summed E-state index contributed by atoms with van der Waals surface area (Å²) in [6.07, 6.45) is 0. The molecule has 0 aliphatic rings. The van der Waals surface area contributed by atoms with Crippen LogP contribution in [0.4, 0.5) is 5.69 Å². The molecule has 0 aromatic heterocycles. The van der Waals surface area contributed by atoms with Crippen LogP contribution in [0.2, 0.25) is 0 Å². The van der Waals surface area contributed by atoms with Gasteiger partial charge in [0.1, 0.15) is 0 Å². The Bertz CT molecular complexity index is 626. The number of carbonyl (C=O) groups excluding carboxylic acids is 1. The quantitative estimate of drug-likeness (QED) is 0.826. The van der Waals surface area contributed by atoms with Crippen LogP contribution in [-0.2, 0) is 4.79 Å². The van der Waals surface area contributed by atoms with Crippen LogP contribution >= 0.6 is 0 Å². The highest BCUT2D eigenvalue weighted by Crippen LogP contribution is 2.27. The van der Waals surface area contributed by atoms with Gasteiger partial charge in [-0.15, -0.1) is 0 Å². The number of carbonyl (C=O) groups is 1. The minimum Gasteiger partial charge on any atom is -0.324 e. The summed E-state index contributed by atoms with van der Waals surface area (Å²) in [5.41, 5.74) is 2.96. The third-order valence-electron chi connectivity index (χ3n) is 3.67. The second-order valence-corrected chi connectivity index (χ2v) is 5.88. The molecule has 4 heteroatoms. The van der Waals surface area contributed by atoms with Gasteiger partial charge in [0.15, 0.2) is 0 Å². The fourth-order valence-electron chi connectivity index (χ4n) is 2.30. The fourth-order valence-corrected chi connectivity index (χ4v) is 2.30. The smallest absolute Gasteiger partial charge is 0.241 e. The summed E-state index contributed by atoms with van der Waals surface area (Å²) in [5, 5.41) is 6.27. The van der Waals surface area contributed by atoms with E-state index in [4.69, 9.17) is 0 Å². The molecule has 1 atom stereocenters. The number of rotatable bonds is 7. The van der Waals surface area contributed by atoms with Crippen molar-refractivity contribution in [3.63, 3.8) is 0 Å². The highest BCUT2D eigenvalue weighted by atomic mass is 16.2. The van der Waals surface area contributed by atoms with Crippen molar-refractivity contribution in [2.24, 2.45) is 0 Å². The molecule has 0 fully saturated rings. The van der Waals surface area contributed by atoms with Crippen molar-refractivity contribution in [1.82, 2.24) is 10.2 Å². The van der Waals surface area contributed by atoms with Crippen molar-refractivity contribution >= 4 is 11.6 Å². The number of hydrogen-bond acceptors (Lipinski definition) is 3. The molecule has 2 rings (SSSR count). The normalized spacial score (nSPS) is 12.2. The number of para-hydroxylation sites is 1. The Morgan fingerprint density at radius 3 is 2.39 bits per heavy atom. The Kier molecular flexibility index (Phi) is 6.32. The van der Waals surface area contributed by atoms with E-state index in [2.05, 4.69) is 15.5 Å². The van der Waals surface area contributed by atoms with Crippen LogP contribution in [0, 0.1) is 0 Å². The topological polar surface area (TPSA) is 44.4 Å². The highest BCUT2D eigenvalue weighted by Gasteiger charge is 2.14. The Morgan fingerprint density at radius 2 is 1.70 bits per heavy atom. The van der Waals surface area contributed by atoms with E-state index in [1.807, 2.05) is 75.6 Å². The maximum atomic E-state index is 12.4. The minimum absolute atomic E-state index is 0.0212. The second-order valence-electron chi connectivity index (χ2n) is 5.88. The van der Waals surface area contributed by atoms with Gasteiger partial charge < -0.3 is 15.5 Å². The number of amides is 1. The first-order chi connectivity index (χ1) is 11.1. The second kappa shape index (κ2) is 8.46. The van der Waals surface area contributed by atoms with E-state index in [9.17, 15) is 4.79 Å². The van der Waals surface area contributed by atoms with Gasteiger partial charge in [0.25, 0.3) is 0 Å². The van der Waals surface area contributed by atoms with Crippen LogP contribution in [0.15, 0.2) is 54.6 Å². The number of nitrogens with one attached hydrogen (secondary N) is 2. The molecule has 4 nitrogen and oxygen atoms in total. The zero-order chi connectivity index (χ0) is 16.7. The van der Waals surface area contributed by atoms with E-state index >= 15 is 0 Å². The predicted molar refractivity (Wildman–Crippen MR) is 96.5 cm³/mol. The maximum absolute atomic E-state index is 12.4. The number of likely N-dealkylation sites (N-methyl/N-ethyl adjacent to an activating group) is 1. The molecule has 0 saturated carbocycles. The molecule has 0 radical (unpaired) electrons. The van der Waals surface area contributed by atoms with Gasteiger partial charge in [0.05, 0.1) is 6.04 Å². The molecular formula is C19H25N3O. The lowest BCUT2D eigenvalue weighted by Crippen LogP contribution is -2.41. The third kappa shape index (κ3) is 5.20. The van der Waals surface area contributed by atoms with Crippen LogP contribution in [-0.4, -0.2) is 44.0 Å². The molecular weight excluding hydrogens is 286 g/mol. The van der Waals surface area contributed by atoms with Crippen molar-refractivity contribution in [1.29, 1.82) is 0 Å². The van der Waals surface area contributed by atoms with E-state index in [0.29, 0.717) is 0 Å². The monoisotopic (exact) mass is 311 g/mol. The highest BCUT2D eigenvalue weighted by molar-refractivity contribution is 5.98. The summed E-state index contributed by atoms with van der Waals surface area (Å²) in [4.78, 5) is 14.5. The van der Waals surface area contributed by atoms with Crippen molar-refractivity contribution < 1.29 is 4.79 Å². The fraction of sp³-hybridized carbons (Fsp3) is 0.316. The summed E-state index contributed by atoms with van der Waals surface area (Å²) in [5.74, 6) is -0.0212. The number of benzene rings is 2. The minimum atomic E-state index is -0.237. The van der Waals surface area contributed by atoms with Gasteiger partial charge in [-0.2, -0.15) is 0 Å². The molecule has 2 aromatic carbocycles. The average Bonchev–Trinajstić information content (AvgIpc) is 2.55. The molecule has 0 saturated heterocycles. The molecule has 2 N–H and O–H groups in total. The lowest BCUT2D eigenvalue weighted by Gasteiger charge is -2.17. The first kappa shape index (κ1) is 17.2. The summed E-state index contributed by atoms with van der Waals surface area (Å²) >= 11 is 0. The molecule has 1 amide bonds. The van der Waals surface area contributed by atoms with Crippen LogP contribution in [0.3, 0.4) is 0 Å². The van der Waals surface area contributed by atoms with Crippen LogP contribution in [0.1, 0.15) is 6.92 Å². The summed E-state index contributed by atoms with van der Waals surface area (Å²) < 4.78 is 0. The van der Waals surface area contributed by atoms with Crippen molar-refractivity contribution in [2.45, 2.75) is 13.0 Å². The molecule has 0 aliphatic heterocycles. The standard InChI is InChI=1S/C19H25N3O/c1-15(20-13-14-22(2)3)19(23)21-18-12-8-7-11-17(18)16-9-5-4-6-10-16/h4-12,15,20H,13-14H2,1-3H3,(H,21,23)/t15-/m1/s1. The lowest BCUT2D eigenvalue weighted by atomic mass is 10.0. The van der Waals surface area contributed by atoms with E-state index in [1.165, 1.54) is 0 Å². The van der Waals surface area contributed by atoms with Gasteiger partial charge >= 0.3 is 0 Å². The Hall–Kier alpha value is -2.17. The van der Waals surface area contributed by atoms with Gasteiger partial charge in [-0.3, -0.25) is 4.79 Å². The van der Waals surface area contributed by atoms with Crippen LogP contribution in [0.5, 0.6) is 0 Å². The lowest BCUT2D eigenvalue weighted by molar-refractivity contribution is -0.117. The maximum Gasteiger partial charge on any atom is 0.241 e. The van der Waals surface area contributed by atoms with E-state index < -0.39 is 0 Å². The summed E-state index contributed by atoms with van der Waals surface area (Å²) in [6.45, 7) is 3.57. The third-order valence-corrected chi connectivity index (χ3v) is 3.67. The molecule has 0 bridgehead atoms. The molecule has 0 spiro atoms. The molecule has 0 unspecified atom stereocenters. The molecule has 23 heavy (non-hydrogen) atoms. The summed E-state index contributed by atoms with van der Waals surface area (Å²) in [6, 6.07) is 17.7. The van der Waals surface area contributed by atoms with Crippen LogP contribution < -0.4 is 10.6 Å². The Labute approximate surface area is 138 Å². The van der Waals surface area contributed by atoms with Gasteiger partial charge in [-0.25, -0.2) is 0 Å². The van der Waals surface area contributed by atoms with Crippen molar-refractivity contribution in [3.8, 4) is 11.1 Å². The molecule has 0 heterocycles. The SMILES string of the molecule is C[C@@H](NCCN(C)C)C(=O)Nc1ccccc1-c1ccccc1. The first-order valence-electron chi connectivity index (χ1n) is 7.91.